The Morgan fingerprint density at radius 1 is 1.48 bits per heavy atom. The maximum atomic E-state index is 12.0. The molecule has 120 valence electrons. The first-order valence-corrected chi connectivity index (χ1v) is 7.43. The summed E-state index contributed by atoms with van der Waals surface area (Å²) < 4.78 is 5.39. The van der Waals surface area contributed by atoms with Gasteiger partial charge in [-0.05, 0) is 17.7 Å². The van der Waals surface area contributed by atoms with Gasteiger partial charge in [-0.1, -0.05) is 6.92 Å². The number of rotatable bonds is 4. The number of imidazole rings is 1. The van der Waals surface area contributed by atoms with Crippen LogP contribution in [0.5, 0.6) is 5.75 Å². The number of aromatic nitrogens is 2. The highest BCUT2D eigenvalue weighted by atomic mass is 16.5. The molecule has 0 saturated carbocycles. The van der Waals surface area contributed by atoms with Gasteiger partial charge in [0, 0.05) is 30.9 Å². The van der Waals surface area contributed by atoms with Gasteiger partial charge in [-0.25, -0.2) is 4.98 Å². The van der Waals surface area contributed by atoms with Crippen molar-refractivity contribution < 1.29 is 14.3 Å². The Labute approximate surface area is 133 Å². The summed E-state index contributed by atoms with van der Waals surface area (Å²) in [7, 11) is 1.55. The highest BCUT2D eigenvalue weighted by Gasteiger charge is 2.29. The van der Waals surface area contributed by atoms with Crippen molar-refractivity contribution in [3.8, 4) is 5.75 Å². The molecule has 2 amide bonds. The molecule has 1 unspecified atom stereocenters. The number of amides is 2. The van der Waals surface area contributed by atoms with Crippen molar-refractivity contribution in [3.63, 3.8) is 0 Å². The van der Waals surface area contributed by atoms with E-state index in [1.165, 1.54) is 0 Å². The van der Waals surface area contributed by atoms with Crippen molar-refractivity contribution in [2.24, 2.45) is 0 Å². The van der Waals surface area contributed by atoms with Crippen LogP contribution in [0.15, 0.2) is 24.5 Å². The van der Waals surface area contributed by atoms with E-state index in [2.05, 4.69) is 20.6 Å². The second-order valence-electron chi connectivity index (χ2n) is 5.32. The number of methoxy groups -OCH3 is 1. The summed E-state index contributed by atoms with van der Waals surface area (Å²) in [5.41, 5.74) is 2.11. The fourth-order valence-electron chi connectivity index (χ4n) is 2.71. The molecule has 7 nitrogen and oxygen atoms in total. The molecule has 0 fully saturated rings. The predicted octanol–water partition coefficient (Wildman–Crippen LogP) is 2.24. The van der Waals surface area contributed by atoms with E-state index < -0.39 is 0 Å². The third kappa shape index (κ3) is 2.90. The molecular formula is C16H18N4O3. The standard InChI is InChI=1S/C16H18N4O3/c1-3-14(21)20-12-8-11-9(6-13(12)23-2)10(7-15(22)19-11)16-17-4-5-18-16/h4-6,8,10H,3,7H2,1-2H3,(H,17,18)(H,19,22)(H,20,21). The number of fused-ring (bicyclic) bond motifs is 1. The van der Waals surface area contributed by atoms with Gasteiger partial charge in [0.2, 0.25) is 11.8 Å². The summed E-state index contributed by atoms with van der Waals surface area (Å²) in [5.74, 6) is 0.912. The van der Waals surface area contributed by atoms with Gasteiger partial charge < -0.3 is 20.4 Å². The van der Waals surface area contributed by atoms with Crippen LogP contribution < -0.4 is 15.4 Å². The van der Waals surface area contributed by atoms with Gasteiger partial charge in [-0.2, -0.15) is 0 Å². The summed E-state index contributed by atoms with van der Waals surface area (Å²) in [6, 6.07) is 3.57. The molecule has 7 heteroatoms. The van der Waals surface area contributed by atoms with Crippen LogP contribution in [0.1, 0.15) is 37.1 Å². The van der Waals surface area contributed by atoms with Crippen molar-refractivity contribution in [1.29, 1.82) is 0 Å². The average Bonchev–Trinajstić information content (AvgIpc) is 3.07. The zero-order valence-corrected chi connectivity index (χ0v) is 13.0. The first-order valence-electron chi connectivity index (χ1n) is 7.43. The minimum absolute atomic E-state index is 0.0863. The number of nitrogens with zero attached hydrogens (tertiary/aromatic N) is 1. The second kappa shape index (κ2) is 6.12. The summed E-state index contributed by atoms with van der Waals surface area (Å²) in [5, 5.41) is 5.63. The molecule has 2 heterocycles. The van der Waals surface area contributed by atoms with E-state index >= 15 is 0 Å². The first-order chi connectivity index (χ1) is 11.1. The Kier molecular flexibility index (Phi) is 4.01. The topological polar surface area (TPSA) is 96.1 Å². The molecule has 0 saturated heterocycles. The van der Waals surface area contributed by atoms with E-state index in [1.807, 2.05) is 6.07 Å². The third-order valence-corrected chi connectivity index (χ3v) is 3.86. The number of anilines is 2. The van der Waals surface area contributed by atoms with Gasteiger partial charge in [0.25, 0.3) is 0 Å². The number of hydrogen-bond donors (Lipinski definition) is 3. The van der Waals surface area contributed by atoms with Crippen molar-refractivity contribution in [2.45, 2.75) is 25.7 Å². The van der Waals surface area contributed by atoms with Gasteiger partial charge in [0.05, 0.1) is 18.7 Å². The van der Waals surface area contributed by atoms with Crippen LogP contribution in [-0.2, 0) is 9.59 Å². The van der Waals surface area contributed by atoms with Gasteiger partial charge in [-0.3, -0.25) is 9.59 Å². The normalized spacial score (nSPS) is 16.4. The Bertz CT molecular complexity index is 740. The number of benzene rings is 1. The largest absolute Gasteiger partial charge is 0.495 e. The Morgan fingerprint density at radius 3 is 2.96 bits per heavy atom. The minimum Gasteiger partial charge on any atom is -0.495 e. The molecule has 0 aliphatic carbocycles. The lowest BCUT2D eigenvalue weighted by Crippen LogP contribution is -2.24. The van der Waals surface area contributed by atoms with Gasteiger partial charge in [-0.15, -0.1) is 0 Å². The van der Waals surface area contributed by atoms with Crippen LogP contribution in [0.3, 0.4) is 0 Å². The van der Waals surface area contributed by atoms with E-state index in [9.17, 15) is 9.59 Å². The predicted molar refractivity (Wildman–Crippen MR) is 85.6 cm³/mol. The van der Waals surface area contributed by atoms with Crippen molar-refractivity contribution in [2.75, 3.05) is 17.7 Å². The number of nitrogens with one attached hydrogen (secondary N) is 3. The first kappa shape index (κ1) is 15.1. The van der Waals surface area contributed by atoms with Crippen LogP contribution in [0, 0.1) is 0 Å². The molecule has 1 aromatic heterocycles. The van der Waals surface area contributed by atoms with E-state index in [0.29, 0.717) is 30.0 Å². The van der Waals surface area contributed by atoms with Crippen LogP contribution in [0.4, 0.5) is 11.4 Å². The van der Waals surface area contributed by atoms with E-state index in [0.717, 1.165) is 11.4 Å². The Morgan fingerprint density at radius 2 is 2.30 bits per heavy atom. The lowest BCUT2D eigenvalue weighted by Gasteiger charge is -2.26. The Balaban J connectivity index is 2.06. The van der Waals surface area contributed by atoms with Crippen LogP contribution in [0.2, 0.25) is 0 Å². The number of carbonyl (C=O) groups is 2. The second-order valence-corrected chi connectivity index (χ2v) is 5.32. The monoisotopic (exact) mass is 314 g/mol. The third-order valence-electron chi connectivity index (χ3n) is 3.86. The van der Waals surface area contributed by atoms with Crippen LogP contribution in [0.25, 0.3) is 0 Å². The number of hydrogen-bond acceptors (Lipinski definition) is 4. The highest BCUT2D eigenvalue weighted by Crippen LogP contribution is 2.41. The number of aromatic amines is 1. The van der Waals surface area contributed by atoms with E-state index in [4.69, 9.17) is 4.74 Å². The quantitative estimate of drug-likeness (QED) is 0.806. The van der Waals surface area contributed by atoms with E-state index in [-0.39, 0.29) is 17.7 Å². The maximum absolute atomic E-state index is 12.0. The molecule has 0 radical (unpaired) electrons. The molecule has 1 aliphatic rings. The molecule has 1 aliphatic heterocycles. The van der Waals surface area contributed by atoms with Gasteiger partial charge >= 0.3 is 0 Å². The number of carbonyl (C=O) groups excluding carboxylic acids is 2. The molecule has 1 aromatic carbocycles. The van der Waals surface area contributed by atoms with Crippen molar-refractivity contribution in [3.05, 3.63) is 35.9 Å². The van der Waals surface area contributed by atoms with Crippen LogP contribution in [-0.4, -0.2) is 28.9 Å². The molecule has 0 spiro atoms. The highest BCUT2D eigenvalue weighted by molar-refractivity contribution is 5.98. The molecule has 23 heavy (non-hydrogen) atoms. The SMILES string of the molecule is CCC(=O)Nc1cc2c(cc1OC)C(c1ncc[nH]1)CC(=O)N2. The summed E-state index contributed by atoms with van der Waals surface area (Å²) in [6.45, 7) is 1.77. The lowest BCUT2D eigenvalue weighted by atomic mass is 9.89. The fourth-order valence-corrected chi connectivity index (χ4v) is 2.71. The van der Waals surface area contributed by atoms with Gasteiger partial charge in [0.1, 0.15) is 11.6 Å². The Hall–Kier alpha value is -2.83. The summed E-state index contributed by atoms with van der Waals surface area (Å²) in [4.78, 5) is 31.0. The molecule has 2 aromatic rings. The number of H-pyrrole nitrogens is 1. The molecule has 3 rings (SSSR count). The lowest BCUT2D eigenvalue weighted by molar-refractivity contribution is -0.117. The minimum atomic E-state index is -0.168. The van der Waals surface area contributed by atoms with Gasteiger partial charge in [0.15, 0.2) is 0 Å². The number of ether oxygens (including phenoxy) is 1. The molecule has 1 atom stereocenters. The smallest absolute Gasteiger partial charge is 0.225 e. The zero-order valence-electron chi connectivity index (χ0n) is 13.0. The summed E-state index contributed by atoms with van der Waals surface area (Å²) in [6.07, 6.45) is 4.06. The average molecular weight is 314 g/mol. The maximum Gasteiger partial charge on any atom is 0.225 e. The van der Waals surface area contributed by atoms with Crippen molar-refractivity contribution >= 4 is 23.2 Å². The summed E-state index contributed by atoms with van der Waals surface area (Å²) >= 11 is 0. The van der Waals surface area contributed by atoms with E-state index in [1.54, 1.807) is 32.5 Å². The zero-order chi connectivity index (χ0) is 16.4. The molecule has 3 N–H and O–H groups in total. The van der Waals surface area contributed by atoms with Crippen LogP contribution >= 0.6 is 0 Å². The molecule has 0 bridgehead atoms. The fraction of sp³-hybridized carbons (Fsp3) is 0.312. The molecular weight excluding hydrogens is 296 g/mol. The van der Waals surface area contributed by atoms with Crippen molar-refractivity contribution in [1.82, 2.24) is 9.97 Å².